The molecule has 0 bridgehead atoms. The first-order valence-corrected chi connectivity index (χ1v) is 8.77. The van der Waals surface area contributed by atoms with Crippen molar-refractivity contribution < 1.29 is 0 Å². The highest BCUT2D eigenvalue weighted by atomic mass is 127. The average molecular weight is 435 g/mol. The van der Waals surface area contributed by atoms with Crippen molar-refractivity contribution in [2.75, 3.05) is 20.1 Å². The number of nitrogens with zero attached hydrogens (tertiary/aromatic N) is 3. The molecular weight excluding hydrogens is 401 g/mol. The third-order valence-corrected chi connectivity index (χ3v) is 3.74. The fourth-order valence-corrected chi connectivity index (χ4v) is 2.40. The normalized spacial score (nSPS) is 11.1. The Balaban J connectivity index is 0.00000484. The molecule has 0 aliphatic rings. The van der Waals surface area contributed by atoms with Gasteiger partial charge in [0.1, 0.15) is 0 Å². The maximum absolute atomic E-state index is 4.26. The van der Waals surface area contributed by atoms with E-state index in [0.29, 0.717) is 0 Å². The number of aryl methyl sites for hydroxylation is 1. The van der Waals surface area contributed by atoms with Crippen molar-refractivity contribution >= 4 is 29.9 Å². The van der Waals surface area contributed by atoms with Gasteiger partial charge in [-0.1, -0.05) is 45.4 Å². The largest absolute Gasteiger partial charge is 0.356 e. The lowest BCUT2D eigenvalue weighted by molar-refractivity contribution is 0.581. The lowest BCUT2D eigenvalue weighted by Gasteiger charge is -2.12. The molecule has 1 aromatic rings. The van der Waals surface area contributed by atoms with Crippen LogP contribution >= 0.6 is 24.0 Å². The predicted octanol–water partition coefficient (Wildman–Crippen LogP) is 3.81. The Labute approximate surface area is 158 Å². The smallest absolute Gasteiger partial charge is 0.190 e. The number of imidazole rings is 1. The van der Waals surface area contributed by atoms with E-state index in [9.17, 15) is 0 Å². The van der Waals surface area contributed by atoms with Crippen LogP contribution < -0.4 is 10.6 Å². The maximum Gasteiger partial charge on any atom is 0.190 e. The molecule has 23 heavy (non-hydrogen) atoms. The molecule has 0 unspecified atom stereocenters. The van der Waals surface area contributed by atoms with Gasteiger partial charge in [0.25, 0.3) is 0 Å². The second-order valence-corrected chi connectivity index (χ2v) is 5.70. The summed E-state index contributed by atoms with van der Waals surface area (Å²) in [4.78, 5) is 8.30. The summed E-state index contributed by atoms with van der Waals surface area (Å²) in [5.74, 6) is 0.914. The highest BCUT2D eigenvalue weighted by Gasteiger charge is 1.97. The Morgan fingerprint density at radius 2 is 1.65 bits per heavy atom. The zero-order valence-electron chi connectivity index (χ0n) is 14.8. The average Bonchev–Trinajstić information content (AvgIpc) is 3.05. The van der Waals surface area contributed by atoms with Crippen LogP contribution in [0.25, 0.3) is 0 Å². The van der Waals surface area contributed by atoms with Crippen LogP contribution in [0.4, 0.5) is 0 Å². The zero-order valence-corrected chi connectivity index (χ0v) is 17.1. The molecular formula is C17H34IN5. The van der Waals surface area contributed by atoms with Crippen LogP contribution in [0.15, 0.2) is 23.7 Å². The van der Waals surface area contributed by atoms with Crippen LogP contribution in [-0.4, -0.2) is 35.6 Å². The van der Waals surface area contributed by atoms with Crippen molar-refractivity contribution in [2.45, 2.75) is 64.8 Å². The van der Waals surface area contributed by atoms with Crippen LogP contribution in [0.2, 0.25) is 0 Å². The minimum Gasteiger partial charge on any atom is -0.356 e. The quantitative estimate of drug-likeness (QED) is 0.227. The van der Waals surface area contributed by atoms with E-state index in [1.54, 1.807) is 0 Å². The molecule has 0 saturated heterocycles. The SMILES string of the molecule is CCCCCCCCCNC(=NC)NCCCn1ccnc1.I. The van der Waals surface area contributed by atoms with Gasteiger partial charge in [-0.15, -0.1) is 24.0 Å². The summed E-state index contributed by atoms with van der Waals surface area (Å²) in [6, 6.07) is 0. The van der Waals surface area contributed by atoms with Crippen LogP contribution in [0.1, 0.15) is 58.3 Å². The van der Waals surface area contributed by atoms with Crippen LogP contribution in [0, 0.1) is 0 Å². The number of guanidine groups is 1. The van der Waals surface area contributed by atoms with Gasteiger partial charge in [0.05, 0.1) is 6.33 Å². The van der Waals surface area contributed by atoms with Gasteiger partial charge in [-0.2, -0.15) is 0 Å². The highest BCUT2D eigenvalue weighted by Crippen LogP contribution is 2.06. The summed E-state index contributed by atoms with van der Waals surface area (Å²) in [6.45, 7) is 5.18. The number of aliphatic imine (C=N–C) groups is 1. The topological polar surface area (TPSA) is 54.2 Å². The van der Waals surface area contributed by atoms with E-state index >= 15 is 0 Å². The van der Waals surface area contributed by atoms with Crippen molar-refractivity contribution in [2.24, 2.45) is 4.99 Å². The van der Waals surface area contributed by atoms with Crippen molar-refractivity contribution in [3.63, 3.8) is 0 Å². The summed E-state index contributed by atoms with van der Waals surface area (Å²) in [5, 5.41) is 6.74. The predicted molar refractivity (Wildman–Crippen MR) is 110 cm³/mol. The molecule has 134 valence electrons. The van der Waals surface area contributed by atoms with Gasteiger partial charge in [0.15, 0.2) is 5.96 Å². The lowest BCUT2D eigenvalue weighted by atomic mass is 10.1. The molecule has 0 radical (unpaired) electrons. The minimum absolute atomic E-state index is 0. The minimum atomic E-state index is 0. The van der Waals surface area contributed by atoms with E-state index in [0.717, 1.165) is 32.0 Å². The van der Waals surface area contributed by atoms with Gasteiger partial charge in [0.2, 0.25) is 0 Å². The number of nitrogens with one attached hydrogen (secondary N) is 2. The van der Waals surface area contributed by atoms with Gasteiger partial charge in [0, 0.05) is 39.1 Å². The van der Waals surface area contributed by atoms with E-state index < -0.39 is 0 Å². The molecule has 6 heteroatoms. The fourth-order valence-electron chi connectivity index (χ4n) is 2.40. The molecule has 0 aromatic carbocycles. The summed E-state index contributed by atoms with van der Waals surface area (Å²) < 4.78 is 2.09. The van der Waals surface area contributed by atoms with Crippen LogP contribution in [0.3, 0.4) is 0 Å². The lowest BCUT2D eigenvalue weighted by Crippen LogP contribution is -2.38. The van der Waals surface area contributed by atoms with Gasteiger partial charge < -0.3 is 15.2 Å². The van der Waals surface area contributed by atoms with E-state index in [4.69, 9.17) is 0 Å². The molecule has 5 nitrogen and oxygen atoms in total. The summed E-state index contributed by atoms with van der Waals surface area (Å²) >= 11 is 0. The molecule has 1 rings (SSSR count). The number of hydrogen-bond donors (Lipinski definition) is 2. The van der Waals surface area contributed by atoms with Crippen molar-refractivity contribution in [1.82, 2.24) is 20.2 Å². The number of halogens is 1. The number of aromatic nitrogens is 2. The molecule has 0 amide bonds. The Morgan fingerprint density at radius 3 is 2.26 bits per heavy atom. The Hall–Kier alpha value is -0.790. The Bertz CT molecular complexity index is 378. The van der Waals surface area contributed by atoms with Gasteiger partial charge in [-0.3, -0.25) is 4.99 Å². The first-order valence-electron chi connectivity index (χ1n) is 8.77. The van der Waals surface area contributed by atoms with E-state index in [2.05, 4.69) is 32.1 Å². The number of unbranched alkanes of at least 4 members (excludes halogenated alkanes) is 6. The number of rotatable bonds is 12. The van der Waals surface area contributed by atoms with Gasteiger partial charge >= 0.3 is 0 Å². The summed E-state index contributed by atoms with van der Waals surface area (Å²) in [6.07, 6.45) is 16.1. The maximum atomic E-state index is 4.26. The summed E-state index contributed by atoms with van der Waals surface area (Å²) in [7, 11) is 1.83. The van der Waals surface area contributed by atoms with E-state index in [1.165, 1.54) is 44.9 Å². The molecule has 1 aromatic heterocycles. The molecule has 1 heterocycles. The standard InChI is InChI=1S/C17H33N5.HI/c1-3-4-5-6-7-8-9-11-20-17(18-2)21-12-10-14-22-15-13-19-16-22;/h13,15-16H,3-12,14H2,1-2H3,(H2,18,20,21);1H. The van der Waals surface area contributed by atoms with Gasteiger partial charge in [-0.25, -0.2) is 4.98 Å². The monoisotopic (exact) mass is 435 g/mol. The third-order valence-electron chi connectivity index (χ3n) is 3.74. The first kappa shape index (κ1) is 22.2. The van der Waals surface area contributed by atoms with E-state index in [1.807, 2.05) is 25.8 Å². The fraction of sp³-hybridized carbons (Fsp3) is 0.765. The van der Waals surface area contributed by atoms with Crippen LogP contribution in [0.5, 0.6) is 0 Å². The molecule has 0 aliphatic carbocycles. The van der Waals surface area contributed by atoms with Gasteiger partial charge in [-0.05, 0) is 12.8 Å². The molecule has 2 N–H and O–H groups in total. The highest BCUT2D eigenvalue weighted by molar-refractivity contribution is 14.0. The summed E-state index contributed by atoms with van der Waals surface area (Å²) in [5.41, 5.74) is 0. The molecule has 0 atom stereocenters. The van der Waals surface area contributed by atoms with Crippen LogP contribution in [-0.2, 0) is 6.54 Å². The molecule has 0 aliphatic heterocycles. The van der Waals surface area contributed by atoms with E-state index in [-0.39, 0.29) is 24.0 Å². The second kappa shape index (κ2) is 16.1. The van der Waals surface area contributed by atoms with Crippen molar-refractivity contribution in [3.05, 3.63) is 18.7 Å². The Morgan fingerprint density at radius 1 is 1.00 bits per heavy atom. The third kappa shape index (κ3) is 12.3. The van der Waals surface area contributed by atoms with Crippen molar-refractivity contribution in [1.29, 1.82) is 0 Å². The number of hydrogen-bond acceptors (Lipinski definition) is 2. The zero-order chi connectivity index (χ0) is 15.9. The first-order chi connectivity index (χ1) is 10.9. The Kier molecular flexibility index (Phi) is 15.5. The molecule has 0 saturated carbocycles. The van der Waals surface area contributed by atoms with Crippen molar-refractivity contribution in [3.8, 4) is 0 Å². The second-order valence-electron chi connectivity index (χ2n) is 5.70. The molecule has 0 spiro atoms. The molecule has 0 fully saturated rings.